The van der Waals surface area contributed by atoms with Crippen LogP contribution in [0.5, 0.6) is 5.75 Å². The van der Waals surface area contributed by atoms with E-state index in [4.69, 9.17) is 22.0 Å². The summed E-state index contributed by atoms with van der Waals surface area (Å²) >= 11 is 5.78. The van der Waals surface area contributed by atoms with Gasteiger partial charge in [0.25, 0.3) is 5.91 Å². The van der Waals surface area contributed by atoms with Crippen molar-refractivity contribution in [2.45, 2.75) is 0 Å². The number of aromatic carboxylic acids is 1. The molecule has 1 amide bonds. The third-order valence-corrected chi connectivity index (χ3v) is 3.34. The van der Waals surface area contributed by atoms with Crippen molar-refractivity contribution in [2.75, 3.05) is 5.32 Å². The fraction of sp³-hybridized carbons (Fsp3) is 0. The molecular weight excluding hydrogens is 332 g/mol. The Hall–Kier alpha value is -3.30. The number of rotatable bonds is 4. The first-order valence-electron chi connectivity index (χ1n) is 6.65. The zero-order valence-corrected chi connectivity index (χ0v) is 12.9. The Bertz CT molecular complexity index is 867. The second-order valence-corrected chi connectivity index (χ2v) is 5.12. The molecule has 0 unspecified atom stereocenters. The van der Waals surface area contributed by atoms with Crippen molar-refractivity contribution in [1.82, 2.24) is 0 Å². The van der Waals surface area contributed by atoms with Gasteiger partial charge in [-0.3, -0.25) is 4.79 Å². The number of carbonyl (C=O) groups is 2. The van der Waals surface area contributed by atoms with E-state index in [-0.39, 0.29) is 21.9 Å². The van der Waals surface area contributed by atoms with Crippen molar-refractivity contribution in [3.05, 3.63) is 64.2 Å². The molecule has 0 radical (unpaired) electrons. The third-order valence-electron chi connectivity index (χ3n) is 3.04. The van der Waals surface area contributed by atoms with Crippen LogP contribution in [0.2, 0.25) is 5.02 Å². The number of anilines is 1. The first kappa shape index (κ1) is 17.1. The van der Waals surface area contributed by atoms with Crippen molar-refractivity contribution in [3.63, 3.8) is 0 Å². The van der Waals surface area contributed by atoms with Crippen LogP contribution in [0.3, 0.4) is 0 Å². The smallest absolute Gasteiger partial charge is 0.335 e. The number of carboxylic acids is 1. The topological polar surface area (TPSA) is 110 Å². The maximum atomic E-state index is 12.1. The zero-order chi connectivity index (χ0) is 17.7. The predicted molar refractivity (Wildman–Crippen MR) is 88.7 cm³/mol. The molecular formula is C17H11ClN2O4. The van der Waals surface area contributed by atoms with E-state index in [1.54, 1.807) is 6.07 Å². The van der Waals surface area contributed by atoms with Crippen LogP contribution in [-0.2, 0) is 4.79 Å². The number of amides is 1. The number of carbonyl (C=O) groups excluding carboxylic acids is 1. The number of aromatic hydroxyl groups is 1. The average molecular weight is 343 g/mol. The van der Waals surface area contributed by atoms with Crippen LogP contribution in [0, 0.1) is 11.3 Å². The van der Waals surface area contributed by atoms with Gasteiger partial charge in [0.15, 0.2) is 0 Å². The molecule has 3 N–H and O–H groups in total. The summed E-state index contributed by atoms with van der Waals surface area (Å²) in [5, 5.41) is 29.9. The molecule has 0 atom stereocenters. The van der Waals surface area contributed by atoms with Gasteiger partial charge >= 0.3 is 5.97 Å². The lowest BCUT2D eigenvalue weighted by Gasteiger charge is -2.05. The Morgan fingerprint density at radius 3 is 2.38 bits per heavy atom. The number of carboxylic acid groups (broad SMARTS) is 1. The molecule has 24 heavy (non-hydrogen) atoms. The number of halogens is 1. The molecule has 0 aliphatic rings. The van der Waals surface area contributed by atoms with Crippen LogP contribution in [0.25, 0.3) is 6.08 Å². The Labute approximate surface area is 142 Å². The van der Waals surface area contributed by atoms with E-state index < -0.39 is 11.9 Å². The summed E-state index contributed by atoms with van der Waals surface area (Å²) < 4.78 is 0. The molecule has 0 aliphatic carbocycles. The highest BCUT2D eigenvalue weighted by molar-refractivity contribution is 6.32. The van der Waals surface area contributed by atoms with Gasteiger partial charge in [0, 0.05) is 5.69 Å². The normalized spacial score (nSPS) is 10.8. The molecule has 0 fully saturated rings. The number of phenols is 1. The lowest BCUT2D eigenvalue weighted by atomic mass is 10.1. The van der Waals surface area contributed by atoms with Crippen molar-refractivity contribution in [3.8, 4) is 11.8 Å². The minimum absolute atomic E-state index is 0.0859. The lowest BCUT2D eigenvalue weighted by molar-refractivity contribution is -0.112. The second-order valence-electron chi connectivity index (χ2n) is 4.72. The molecule has 0 saturated carbocycles. The zero-order valence-electron chi connectivity index (χ0n) is 12.2. The number of benzene rings is 2. The number of nitrogens with one attached hydrogen (secondary N) is 1. The molecule has 6 nitrogen and oxygen atoms in total. The van der Waals surface area contributed by atoms with E-state index in [1.165, 1.54) is 48.5 Å². The van der Waals surface area contributed by atoms with Gasteiger partial charge in [0.05, 0.1) is 10.6 Å². The van der Waals surface area contributed by atoms with E-state index >= 15 is 0 Å². The van der Waals surface area contributed by atoms with Crippen LogP contribution in [0.4, 0.5) is 5.69 Å². The molecule has 0 spiro atoms. The van der Waals surface area contributed by atoms with Crippen LogP contribution in [0.1, 0.15) is 15.9 Å². The van der Waals surface area contributed by atoms with Gasteiger partial charge in [0.1, 0.15) is 17.4 Å². The highest BCUT2D eigenvalue weighted by atomic mass is 35.5. The summed E-state index contributed by atoms with van der Waals surface area (Å²) in [4.78, 5) is 22.9. The molecule has 120 valence electrons. The number of hydrogen-bond donors (Lipinski definition) is 3. The Morgan fingerprint density at radius 1 is 1.17 bits per heavy atom. The van der Waals surface area contributed by atoms with E-state index in [0.717, 1.165) is 0 Å². The first-order chi connectivity index (χ1) is 11.4. The van der Waals surface area contributed by atoms with Gasteiger partial charge in [0.2, 0.25) is 0 Å². The summed E-state index contributed by atoms with van der Waals surface area (Å²) in [7, 11) is 0. The number of hydrogen-bond acceptors (Lipinski definition) is 4. The molecule has 0 aliphatic heterocycles. The number of nitrogens with zero attached hydrogens (tertiary/aromatic N) is 1. The monoisotopic (exact) mass is 342 g/mol. The molecule has 0 saturated heterocycles. The predicted octanol–water partition coefficient (Wildman–Crippen LogP) is 3.29. The van der Waals surface area contributed by atoms with Gasteiger partial charge in [-0.25, -0.2) is 4.79 Å². The minimum atomic E-state index is -1.07. The summed E-state index contributed by atoms with van der Waals surface area (Å²) in [6.07, 6.45) is 1.33. The molecule has 0 bridgehead atoms. The van der Waals surface area contributed by atoms with Crippen molar-refractivity contribution >= 4 is 35.2 Å². The maximum absolute atomic E-state index is 12.1. The fourth-order valence-electron chi connectivity index (χ4n) is 1.82. The molecule has 0 heterocycles. The summed E-state index contributed by atoms with van der Waals surface area (Å²) in [6, 6.07) is 11.6. The molecule has 0 aromatic heterocycles. The van der Waals surface area contributed by atoms with Gasteiger partial charge in [-0.1, -0.05) is 17.7 Å². The quantitative estimate of drug-likeness (QED) is 0.583. The highest BCUT2D eigenvalue weighted by Crippen LogP contribution is 2.24. The SMILES string of the molecule is N#C/C(=C/c1ccc(O)c(Cl)c1)C(=O)Nc1ccc(C(=O)O)cc1. The van der Waals surface area contributed by atoms with Crippen LogP contribution in [-0.4, -0.2) is 22.1 Å². The van der Waals surface area contributed by atoms with Crippen molar-refractivity contribution < 1.29 is 19.8 Å². The maximum Gasteiger partial charge on any atom is 0.335 e. The van der Waals surface area contributed by atoms with Crippen molar-refractivity contribution in [2.24, 2.45) is 0 Å². The Kier molecular flexibility index (Phi) is 5.20. The van der Waals surface area contributed by atoms with E-state index in [9.17, 15) is 14.7 Å². The Morgan fingerprint density at radius 2 is 1.83 bits per heavy atom. The summed E-state index contributed by atoms with van der Waals surface area (Å²) in [5.74, 6) is -1.82. The first-order valence-corrected chi connectivity index (χ1v) is 7.03. The summed E-state index contributed by atoms with van der Waals surface area (Å²) in [6.45, 7) is 0. The van der Waals surface area contributed by atoms with Crippen LogP contribution < -0.4 is 5.32 Å². The molecule has 2 aromatic rings. The Balaban J connectivity index is 2.19. The van der Waals surface area contributed by atoms with Crippen LogP contribution >= 0.6 is 11.6 Å². The molecule has 2 rings (SSSR count). The largest absolute Gasteiger partial charge is 0.506 e. The second kappa shape index (κ2) is 7.31. The van der Waals surface area contributed by atoms with Gasteiger partial charge in [-0.15, -0.1) is 0 Å². The van der Waals surface area contributed by atoms with Crippen LogP contribution in [0.15, 0.2) is 48.0 Å². The van der Waals surface area contributed by atoms with Gasteiger partial charge in [-0.05, 0) is 48.0 Å². The average Bonchev–Trinajstić information content (AvgIpc) is 2.56. The number of nitriles is 1. The highest BCUT2D eigenvalue weighted by Gasteiger charge is 2.11. The van der Waals surface area contributed by atoms with E-state index in [0.29, 0.717) is 11.3 Å². The number of phenolic OH excluding ortho intramolecular Hbond substituents is 1. The van der Waals surface area contributed by atoms with Gasteiger partial charge in [-0.2, -0.15) is 5.26 Å². The lowest BCUT2D eigenvalue weighted by Crippen LogP contribution is -2.13. The standard InChI is InChI=1S/C17H11ClN2O4/c18-14-8-10(1-6-15(14)21)7-12(9-19)16(22)20-13-4-2-11(3-5-13)17(23)24/h1-8,21H,(H,20,22)(H,23,24)/b12-7-. The minimum Gasteiger partial charge on any atom is -0.506 e. The van der Waals surface area contributed by atoms with E-state index in [2.05, 4.69) is 5.32 Å². The molecule has 7 heteroatoms. The van der Waals surface area contributed by atoms with E-state index in [1.807, 2.05) is 0 Å². The van der Waals surface area contributed by atoms with Gasteiger partial charge < -0.3 is 15.5 Å². The third kappa shape index (κ3) is 4.12. The van der Waals surface area contributed by atoms with Crippen molar-refractivity contribution in [1.29, 1.82) is 5.26 Å². The molecule has 2 aromatic carbocycles. The summed E-state index contributed by atoms with van der Waals surface area (Å²) in [5.41, 5.74) is 0.752. The fourth-order valence-corrected chi connectivity index (χ4v) is 2.01.